The van der Waals surface area contributed by atoms with Crippen LogP contribution in [0, 0.1) is 0 Å². The maximum Gasteiger partial charge on any atom is 0.352 e. The Hall–Kier alpha value is -2.64. The van der Waals surface area contributed by atoms with Gasteiger partial charge in [-0.3, -0.25) is 0 Å². The summed E-state index contributed by atoms with van der Waals surface area (Å²) in [6.07, 6.45) is 1.11. The average molecular weight is 386 g/mol. The smallest absolute Gasteiger partial charge is 0.352 e. The summed E-state index contributed by atoms with van der Waals surface area (Å²) in [6.45, 7) is 4.33. The highest BCUT2D eigenvalue weighted by Gasteiger charge is 2.20. The van der Waals surface area contributed by atoms with E-state index in [0.29, 0.717) is 5.56 Å². The number of aromatic amines is 1. The summed E-state index contributed by atoms with van der Waals surface area (Å²) in [4.78, 5) is 14.9. The molecule has 0 spiro atoms. The van der Waals surface area contributed by atoms with Crippen LogP contribution in [0.25, 0.3) is 22.0 Å². The Morgan fingerprint density at radius 1 is 1.15 bits per heavy atom. The first kappa shape index (κ1) is 19.1. The Balaban J connectivity index is 2.09. The summed E-state index contributed by atoms with van der Waals surface area (Å²) in [7, 11) is -3.27. The van der Waals surface area contributed by atoms with Crippen LogP contribution in [-0.4, -0.2) is 30.7 Å². The third-order valence-corrected chi connectivity index (χ3v) is 5.15. The molecule has 142 valence electrons. The Labute approximate surface area is 158 Å². The lowest BCUT2D eigenvalue weighted by Crippen LogP contribution is -2.21. The zero-order valence-electron chi connectivity index (χ0n) is 15.4. The van der Waals surface area contributed by atoms with Gasteiger partial charge in [-0.15, -0.1) is 0 Å². The fraction of sp³-hybridized carbons (Fsp3) is 0.250. The maximum absolute atomic E-state index is 11.8. The number of hydrogen-bond donors (Lipinski definition) is 3. The zero-order chi connectivity index (χ0) is 19.8. The van der Waals surface area contributed by atoms with Crippen molar-refractivity contribution in [1.82, 2.24) is 9.71 Å². The molecule has 0 fully saturated rings. The number of carbonyl (C=O) groups is 1. The molecule has 0 amide bonds. The van der Waals surface area contributed by atoms with Gasteiger partial charge in [-0.2, -0.15) is 0 Å². The summed E-state index contributed by atoms with van der Waals surface area (Å²) in [5.74, 6) is -0.759. The first-order chi connectivity index (χ1) is 12.7. The lowest BCUT2D eigenvalue weighted by atomic mass is 9.96. The van der Waals surface area contributed by atoms with Crippen LogP contribution in [0.4, 0.5) is 0 Å². The van der Waals surface area contributed by atoms with E-state index in [1.807, 2.05) is 30.3 Å². The highest BCUT2D eigenvalue weighted by atomic mass is 32.2. The second kappa shape index (κ2) is 7.17. The van der Waals surface area contributed by atoms with Crippen molar-refractivity contribution in [2.24, 2.45) is 0 Å². The molecule has 0 aliphatic heterocycles. The quantitative estimate of drug-likeness (QED) is 0.601. The van der Waals surface area contributed by atoms with Crippen molar-refractivity contribution in [3.63, 3.8) is 0 Å². The minimum atomic E-state index is -3.27. The molecule has 0 unspecified atom stereocenters. The number of fused-ring (bicyclic) bond motifs is 1. The van der Waals surface area contributed by atoms with Crippen LogP contribution in [-0.2, 0) is 16.6 Å². The van der Waals surface area contributed by atoms with E-state index < -0.39 is 16.0 Å². The SMILES string of the molecule is CC(C)c1cccc2c(-c3ccc(CNS(C)(=O)=O)cc3)c(C(=O)O)[nH]c12. The van der Waals surface area contributed by atoms with Crippen LogP contribution >= 0.6 is 0 Å². The molecule has 3 rings (SSSR count). The molecule has 0 bridgehead atoms. The second-order valence-corrected chi connectivity index (χ2v) is 8.73. The number of aromatic carboxylic acids is 1. The van der Waals surface area contributed by atoms with E-state index in [-0.39, 0.29) is 18.2 Å². The van der Waals surface area contributed by atoms with E-state index in [1.165, 1.54) is 0 Å². The van der Waals surface area contributed by atoms with Gasteiger partial charge in [0.25, 0.3) is 0 Å². The number of H-pyrrole nitrogens is 1. The van der Waals surface area contributed by atoms with Crippen molar-refractivity contribution in [3.8, 4) is 11.1 Å². The molecule has 6 nitrogen and oxygen atoms in total. The molecular formula is C20H22N2O4S. The number of aromatic nitrogens is 1. The van der Waals surface area contributed by atoms with Gasteiger partial charge >= 0.3 is 5.97 Å². The van der Waals surface area contributed by atoms with E-state index in [9.17, 15) is 18.3 Å². The van der Waals surface area contributed by atoms with Crippen LogP contribution in [0.5, 0.6) is 0 Å². The number of rotatable bonds is 6. The topological polar surface area (TPSA) is 99.3 Å². The van der Waals surface area contributed by atoms with Crippen molar-refractivity contribution in [3.05, 3.63) is 59.3 Å². The standard InChI is InChI=1S/C20H22N2O4S/c1-12(2)15-5-4-6-16-17(19(20(23)24)22-18(15)16)14-9-7-13(8-10-14)11-21-27(3,25)26/h4-10,12,21-22H,11H2,1-3H3,(H,23,24). The average Bonchev–Trinajstić information content (AvgIpc) is 2.99. The molecule has 0 aliphatic carbocycles. The van der Waals surface area contributed by atoms with Gasteiger partial charge in [0.05, 0.1) is 11.8 Å². The van der Waals surface area contributed by atoms with Crippen molar-refractivity contribution >= 4 is 26.9 Å². The number of hydrogen-bond acceptors (Lipinski definition) is 3. The third kappa shape index (κ3) is 4.04. The van der Waals surface area contributed by atoms with Gasteiger partial charge in [0.15, 0.2) is 0 Å². The monoisotopic (exact) mass is 386 g/mol. The molecule has 7 heteroatoms. The molecule has 0 saturated carbocycles. The summed E-state index contributed by atoms with van der Waals surface area (Å²) in [6, 6.07) is 13.1. The van der Waals surface area contributed by atoms with E-state index >= 15 is 0 Å². The van der Waals surface area contributed by atoms with Crippen LogP contribution in [0.3, 0.4) is 0 Å². The van der Waals surface area contributed by atoms with Crippen molar-refractivity contribution in [2.75, 3.05) is 6.26 Å². The van der Waals surface area contributed by atoms with Gasteiger partial charge in [-0.1, -0.05) is 56.3 Å². The summed E-state index contributed by atoms with van der Waals surface area (Å²) >= 11 is 0. The molecule has 27 heavy (non-hydrogen) atoms. The molecule has 0 saturated heterocycles. The van der Waals surface area contributed by atoms with E-state index in [1.54, 1.807) is 12.1 Å². The van der Waals surface area contributed by atoms with Gasteiger partial charge < -0.3 is 10.1 Å². The highest BCUT2D eigenvalue weighted by Crippen LogP contribution is 2.36. The minimum absolute atomic E-state index is 0.153. The van der Waals surface area contributed by atoms with Crippen molar-refractivity contribution < 1.29 is 18.3 Å². The van der Waals surface area contributed by atoms with Gasteiger partial charge in [-0.05, 0) is 22.6 Å². The number of benzene rings is 2. The fourth-order valence-corrected chi connectivity index (χ4v) is 3.61. The maximum atomic E-state index is 11.8. The Kier molecular flexibility index (Phi) is 5.08. The Morgan fingerprint density at radius 3 is 2.37 bits per heavy atom. The molecule has 3 aromatic rings. The lowest BCUT2D eigenvalue weighted by Gasteiger charge is -2.08. The summed E-state index contributed by atoms with van der Waals surface area (Å²) in [5.41, 5.74) is 4.26. The van der Waals surface area contributed by atoms with Crippen LogP contribution in [0.15, 0.2) is 42.5 Å². The number of carboxylic acid groups (broad SMARTS) is 1. The predicted molar refractivity (Wildman–Crippen MR) is 106 cm³/mol. The zero-order valence-corrected chi connectivity index (χ0v) is 16.2. The van der Waals surface area contributed by atoms with Crippen LogP contribution in [0.2, 0.25) is 0 Å². The molecule has 2 aromatic carbocycles. The first-order valence-electron chi connectivity index (χ1n) is 8.59. The van der Waals surface area contributed by atoms with Gasteiger partial charge in [-0.25, -0.2) is 17.9 Å². The Bertz CT molecular complexity index is 1100. The molecule has 0 atom stereocenters. The molecule has 0 aliphatic rings. The number of para-hydroxylation sites is 1. The van der Waals surface area contributed by atoms with Gasteiger partial charge in [0, 0.05) is 17.5 Å². The summed E-state index contributed by atoms with van der Waals surface area (Å²) in [5, 5.41) is 10.5. The van der Waals surface area contributed by atoms with Gasteiger partial charge in [0.1, 0.15) is 5.69 Å². The first-order valence-corrected chi connectivity index (χ1v) is 10.5. The number of carboxylic acids is 1. The van der Waals surface area contributed by atoms with E-state index in [2.05, 4.69) is 23.6 Å². The molecular weight excluding hydrogens is 364 g/mol. The molecule has 1 aromatic heterocycles. The van der Waals surface area contributed by atoms with E-state index in [0.717, 1.165) is 33.8 Å². The molecule has 3 N–H and O–H groups in total. The highest BCUT2D eigenvalue weighted by molar-refractivity contribution is 7.88. The van der Waals surface area contributed by atoms with Crippen molar-refractivity contribution in [1.29, 1.82) is 0 Å². The van der Waals surface area contributed by atoms with Crippen LogP contribution in [0.1, 0.15) is 41.4 Å². The Morgan fingerprint density at radius 2 is 1.81 bits per heavy atom. The third-order valence-electron chi connectivity index (χ3n) is 4.48. The lowest BCUT2D eigenvalue weighted by molar-refractivity contribution is 0.0692. The second-order valence-electron chi connectivity index (χ2n) is 6.89. The van der Waals surface area contributed by atoms with Gasteiger partial charge in [0.2, 0.25) is 10.0 Å². The minimum Gasteiger partial charge on any atom is -0.477 e. The molecule has 1 heterocycles. The number of nitrogens with one attached hydrogen (secondary N) is 2. The normalized spacial score (nSPS) is 12.0. The summed E-state index contributed by atoms with van der Waals surface area (Å²) < 4.78 is 24.9. The predicted octanol–water partition coefficient (Wildman–Crippen LogP) is 3.71. The number of sulfonamides is 1. The van der Waals surface area contributed by atoms with E-state index in [4.69, 9.17) is 0 Å². The van der Waals surface area contributed by atoms with Crippen molar-refractivity contribution in [2.45, 2.75) is 26.3 Å². The largest absolute Gasteiger partial charge is 0.477 e. The fourth-order valence-electron chi connectivity index (χ4n) is 3.19. The van der Waals surface area contributed by atoms with Crippen LogP contribution < -0.4 is 4.72 Å². The molecule has 0 radical (unpaired) electrons.